The number of hydrogen-bond acceptors (Lipinski definition) is 4. The van der Waals surface area contributed by atoms with Gasteiger partial charge in [-0.3, -0.25) is 14.4 Å². The van der Waals surface area contributed by atoms with Crippen molar-refractivity contribution in [2.45, 2.75) is 63.5 Å². The van der Waals surface area contributed by atoms with E-state index in [4.69, 9.17) is 11.6 Å². The van der Waals surface area contributed by atoms with Crippen LogP contribution in [-0.4, -0.2) is 38.9 Å². The third kappa shape index (κ3) is 5.01. The topological polar surface area (TPSA) is 109 Å². The van der Waals surface area contributed by atoms with Gasteiger partial charge in [0.25, 0.3) is 11.8 Å². The molecule has 2 aliphatic rings. The van der Waals surface area contributed by atoms with E-state index in [0.717, 1.165) is 49.6 Å². The molecule has 0 bridgehead atoms. The monoisotopic (exact) mass is 481 g/mol. The van der Waals surface area contributed by atoms with Crippen LogP contribution in [0.1, 0.15) is 77.5 Å². The van der Waals surface area contributed by atoms with Crippen LogP contribution in [0.3, 0.4) is 0 Å². The zero-order valence-corrected chi connectivity index (χ0v) is 19.7. The van der Waals surface area contributed by atoms with Crippen molar-refractivity contribution in [3.63, 3.8) is 0 Å². The van der Waals surface area contributed by atoms with E-state index in [0.29, 0.717) is 23.8 Å². The number of rotatable bonds is 7. The lowest BCUT2D eigenvalue weighted by Gasteiger charge is -2.23. The van der Waals surface area contributed by atoms with E-state index in [1.807, 2.05) is 10.6 Å². The van der Waals surface area contributed by atoms with Gasteiger partial charge in [-0.15, -0.1) is 0 Å². The summed E-state index contributed by atoms with van der Waals surface area (Å²) in [5.74, 6) is -0.152. The zero-order chi connectivity index (χ0) is 23.7. The highest BCUT2D eigenvalue weighted by molar-refractivity contribution is 6.31. The van der Waals surface area contributed by atoms with Crippen molar-refractivity contribution in [2.24, 2.45) is 0 Å². The molecule has 34 heavy (non-hydrogen) atoms. The quantitative estimate of drug-likeness (QED) is 0.477. The highest BCUT2D eigenvalue weighted by Gasteiger charge is 2.28. The summed E-state index contributed by atoms with van der Waals surface area (Å²) in [7, 11) is 0. The van der Waals surface area contributed by atoms with Crippen molar-refractivity contribution >= 4 is 34.4 Å². The van der Waals surface area contributed by atoms with Crippen molar-refractivity contribution in [2.75, 3.05) is 6.54 Å². The molecule has 2 saturated carbocycles. The van der Waals surface area contributed by atoms with Crippen LogP contribution in [0.25, 0.3) is 11.0 Å². The molecule has 5 rings (SSSR count). The third-order valence-electron chi connectivity index (χ3n) is 6.58. The van der Waals surface area contributed by atoms with Crippen LogP contribution in [-0.2, 0) is 6.42 Å². The van der Waals surface area contributed by atoms with Crippen LogP contribution < -0.4 is 16.1 Å². The molecule has 2 amide bonds. The van der Waals surface area contributed by atoms with E-state index < -0.39 is 11.3 Å². The van der Waals surface area contributed by atoms with Crippen molar-refractivity contribution in [1.82, 2.24) is 25.2 Å². The molecule has 0 aliphatic heterocycles. The predicted molar refractivity (Wildman–Crippen MR) is 130 cm³/mol. The Morgan fingerprint density at radius 1 is 1.06 bits per heavy atom. The number of hydrogen-bond donors (Lipinski definition) is 3. The summed E-state index contributed by atoms with van der Waals surface area (Å²) < 4.78 is 1.84. The molecule has 2 fully saturated rings. The first-order chi connectivity index (χ1) is 16.5. The normalized spacial score (nSPS) is 16.5. The van der Waals surface area contributed by atoms with Crippen LogP contribution >= 0.6 is 11.6 Å². The van der Waals surface area contributed by atoms with Crippen molar-refractivity contribution in [3.05, 3.63) is 62.8 Å². The van der Waals surface area contributed by atoms with Crippen molar-refractivity contribution in [3.8, 4) is 0 Å². The number of benzene rings is 1. The van der Waals surface area contributed by atoms with Crippen LogP contribution in [0.4, 0.5) is 0 Å². The lowest BCUT2D eigenvalue weighted by Crippen LogP contribution is -2.40. The lowest BCUT2D eigenvalue weighted by atomic mass is 9.95. The second-order valence-corrected chi connectivity index (χ2v) is 9.69. The first-order valence-corrected chi connectivity index (χ1v) is 12.3. The molecule has 9 heteroatoms. The number of fused-ring (bicyclic) bond motifs is 1. The number of carbonyl (C=O) groups excluding carboxylic acids is 2. The Morgan fingerprint density at radius 2 is 1.79 bits per heavy atom. The second kappa shape index (κ2) is 9.62. The van der Waals surface area contributed by atoms with Crippen molar-refractivity contribution in [1.29, 1.82) is 0 Å². The summed E-state index contributed by atoms with van der Waals surface area (Å²) in [4.78, 5) is 46.7. The van der Waals surface area contributed by atoms with Crippen LogP contribution in [0.2, 0.25) is 5.02 Å². The number of imidazole rings is 1. The number of pyridine rings is 1. The largest absolute Gasteiger partial charge is 0.351 e. The molecule has 0 spiro atoms. The molecule has 0 radical (unpaired) electrons. The maximum absolute atomic E-state index is 13.1. The number of carbonyl (C=O) groups is 2. The summed E-state index contributed by atoms with van der Waals surface area (Å²) >= 11 is 6.02. The minimum Gasteiger partial charge on any atom is -0.351 e. The Labute approximate surface area is 202 Å². The Kier molecular flexibility index (Phi) is 6.41. The Morgan fingerprint density at radius 3 is 2.53 bits per heavy atom. The fourth-order valence-corrected chi connectivity index (χ4v) is 4.73. The van der Waals surface area contributed by atoms with Crippen LogP contribution in [0, 0.1) is 0 Å². The van der Waals surface area contributed by atoms with E-state index in [1.165, 1.54) is 6.42 Å². The lowest BCUT2D eigenvalue weighted by molar-refractivity contribution is 0.0925. The summed E-state index contributed by atoms with van der Waals surface area (Å²) in [5, 5.41) is 6.43. The molecule has 8 nitrogen and oxygen atoms in total. The number of aromatic nitrogens is 3. The first-order valence-electron chi connectivity index (χ1n) is 12.0. The average molecular weight is 482 g/mol. The summed E-state index contributed by atoms with van der Waals surface area (Å²) in [6.45, 7) is 0.299. The smallest absolute Gasteiger partial charge is 0.256 e. The first kappa shape index (κ1) is 22.7. The summed E-state index contributed by atoms with van der Waals surface area (Å²) in [5.41, 5.74) is 1.15. The molecule has 1 aromatic carbocycles. The number of nitrogens with one attached hydrogen (secondary N) is 3. The molecule has 3 aromatic rings. The SMILES string of the molecule is O=C(NCCc1nc2ccc(Cl)cc2[nH]1)c1cn(C2CC2)cc(C(=O)NC2CCCCC2)c1=O. The van der Waals surface area contributed by atoms with Gasteiger partial charge in [0.2, 0.25) is 5.43 Å². The molecule has 3 N–H and O–H groups in total. The fourth-order valence-electron chi connectivity index (χ4n) is 4.56. The van der Waals surface area contributed by atoms with E-state index in [9.17, 15) is 14.4 Å². The molecule has 0 atom stereocenters. The van der Waals surface area contributed by atoms with Crippen LogP contribution in [0.15, 0.2) is 35.4 Å². The molecule has 2 aliphatic carbocycles. The van der Waals surface area contributed by atoms with Gasteiger partial charge in [-0.05, 0) is 43.9 Å². The van der Waals surface area contributed by atoms with Crippen molar-refractivity contribution < 1.29 is 9.59 Å². The summed E-state index contributed by atoms with van der Waals surface area (Å²) in [6, 6.07) is 5.73. The number of nitrogens with zero attached hydrogens (tertiary/aromatic N) is 2. The highest BCUT2D eigenvalue weighted by atomic mass is 35.5. The fraction of sp³-hybridized carbons (Fsp3) is 0.440. The molecule has 2 heterocycles. The van der Waals surface area contributed by atoms with E-state index >= 15 is 0 Å². The van der Waals surface area contributed by atoms with Gasteiger partial charge in [0.05, 0.1) is 11.0 Å². The zero-order valence-electron chi connectivity index (χ0n) is 18.9. The Bertz CT molecular complexity index is 1290. The summed E-state index contributed by atoms with van der Waals surface area (Å²) in [6.07, 6.45) is 10.8. The van der Waals surface area contributed by atoms with Crippen LogP contribution in [0.5, 0.6) is 0 Å². The van der Waals surface area contributed by atoms with Gasteiger partial charge in [0, 0.05) is 42.5 Å². The molecular formula is C25H28ClN5O3. The maximum atomic E-state index is 13.1. The predicted octanol–water partition coefficient (Wildman–Crippen LogP) is 3.75. The van der Waals surface area contributed by atoms with E-state index in [1.54, 1.807) is 24.5 Å². The maximum Gasteiger partial charge on any atom is 0.256 e. The van der Waals surface area contributed by atoms with Gasteiger partial charge in [0.1, 0.15) is 17.0 Å². The molecule has 178 valence electrons. The van der Waals surface area contributed by atoms with E-state index in [-0.39, 0.29) is 29.1 Å². The van der Waals surface area contributed by atoms with Gasteiger partial charge < -0.3 is 20.2 Å². The Balaban J connectivity index is 1.29. The second-order valence-electron chi connectivity index (χ2n) is 9.25. The number of halogens is 1. The van der Waals surface area contributed by atoms with Gasteiger partial charge in [-0.2, -0.15) is 0 Å². The van der Waals surface area contributed by atoms with Gasteiger partial charge in [-0.1, -0.05) is 30.9 Å². The molecular weight excluding hydrogens is 454 g/mol. The molecule has 2 aromatic heterocycles. The minimum absolute atomic E-state index is 0.000387. The van der Waals surface area contributed by atoms with Gasteiger partial charge >= 0.3 is 0 Å². The minimum atomic E-state index is -0.527. The molecule has 0 saturated heterocycles. The standard InChI is InChI=1S/C25H28ClN5O3/c26-15-6-9-20-21(12-15)30-22(29-20)10-11-27-24(33)18-13-31(17-7-8-17)14-19(23(18)32)25(34)28-16-4-2-1-3-5-16/h6,9,12-14,16-17H,1-5,7-8,10-11H2,(H,27,33)(H,28,34)(H,29,30). The molecule has 0 unspecified atom stereocenters. The van der Waals surface area contributed by atoms with Gasteiger partial charge in [-0.25, -0.2) is 4.98 Å². The number of amides is 2. The Hall–Kier alpha value is -3.13. The third-order valence-corrected chi connectivity index (χ3v) is 6.82. The van der Waals surface area contributed by atoms with E-state index in [2.05, 4.69) is 20.6 Å². The number of aromatic amines is 1. The highest BCUT2D eigenvalue weighted by Crippen LogP contribution is 2.34. The van der Waals surface area contributed by atoms with Gasteiger partial charge in [0.15, 0.2) is 0 Å². The number of H-pyrrole nitrogens is 1. The average Bonchev–Trinajstić information content (AvgIpc) is 3.60.